The van der Waals surface area contributed by atoms with Crippen molar-refractivity contribution in [3.05, 3.63) is 33.4 Å². The molecular weight excluding hydrogens is 395 g/mol. The van der Waals surface area contributed by atoms with Gasteiger partial charge in [-0.1, -0.05) is 12.1 Å². The molecule has 0 radical (unpaired) electrons. The quantitative estimate of drug-likeness (QED) is 0.766. The third-order valence-corrected chi connectivity index (χ3v) is 3.76. The van der Waals surface area contributed by atoms with Crippen molar-refractivity contribution in [2.45, 2.75) is 38.8 Å². The molecule has 1 rings (SSSR count). The molecule has 1 atom stereocenters. The molecule has 122 valence electrons. The molecule has 22 heavy (non-hydrogen) atoms. The second-order valence-electron chi connectivity index (χ2n) is 6.05. The molecule has 0 unspecified atom stereocenters. The number of hydrogen-bond acceptors (Lipinski definition) is 3. The Kier molecular flexibility index (Phi) is 6.65. The van der Waals surface area contributed by atoms with E-state index in [0.717, 1.165) is 9.13 Å². The first-order valence-corrected chi connectivity index (χ1v) is 8.14. The molecule has 1 aromatic rings. The van der Waals surface area contributed by atoms with E-state index in [1.54, 1.807) is 34.9 Å². The van der Waals surface area contributed by atoms with E-state index < -0.39 is 17.7 Å². The molecule has 0 bridgehead atoms. The molecule has 0 aliphatic carbocycles. The summed E-state index contributed by atoms with van der Waals surface area (Å²) in [5.74, 6) is -0.216. The number of likely N-dealkylation sites (N-methyl/N-ethyl adjacent to an activating group) is 2. The number of benzene rings is 1. The summed E-state index contributed by atoms with van der Waals surface area (Å²) in [6.45, 7) is 5.40. The Balaban J connectivity index is 2.90. The van der Waals surface area contributed by atoms with Crippen molar-refractivity contribution < 1.29 is 14.3 Å². The predicted molar refractivity (Wildman–Crippen MR) is 94.7 cm³/mol. The molecule has 0 saturated carbocycles. The zero-order chi connectivity index (χ0) is 16.9. The van der Waals surface area contributed by atoms with Crippen LogP contribution in [0.5, 0.6) is 0 Å². The summed E-state index contributed by atoms with van der Waals surface area (Å²) in [6.07, 6.45) is -0.0709. The summed E-state index contributed by atoms with van der Waals surface area (Å²) in [7, 11) is 3.15. The zero-order valence-electron chi connectivity index (χ0n) is 13.6. The lowest BCUT2D eigenvalue weighted by atomic mass is 10.0. The Morgan fingerprint density at radius 3 is 2.27 bits per heavy atom. The molecule has 5 nitrogen and oxygen atoms in total. The Bertz CT molecular complexity index is 523. The number of amides is 2. The van der Waals surface area contributed by atoms with Crippen LogP contribution < -0.4 is 5.32 Å². The molecule has 0 aromatic heterocycles. The van der Waals surface area contributed by atoms with E-state index in [1.807, 2.05) is 24.3 Å². The monoisotopic (exact) mass is 418 g/mol. The van der Waals surface area contributed by atoms with E-state index in [4.69, 9.17) is 4.74 Å². The Morgan fingerprint density at radius 1 is 1.27 bits per heavy atom. The lowest BCUT2D eigenvalue weighted by Crippen LogP contribution is -2.49. The summed E-state index contributed by atoms with van der Waals surface area (Å²) < 4.78 is 6.46. The molecule has 0 fully saturated rings. The number of nitrogens with one attached hydrogen (secondary N) is 1. The second kappa shape index (κ2) is 7.80. The molecule has 6 heteroatoms. The highest BCUT2D eigenvalue weighted by molar-refractivity contribution is 14.1. The predicted octanol–water partition coefficient (Wildman–Crippen LogP) is 2.82. The fraction of sp³-hybridized carbons (Fsp3) is 0.500. The lowest BCUT2D eigenvalue weighted by molar-refractivity contribution is -0.125. The molecular formula is C16H23IN2O3. The number of carbonyl (C=O) groups excluding carboxylic acids is 2. The van der Waals surface area contributed by atoms with Crippen LogP contribution in [0.3, 0.4) is 0 Å². The summed E-state index contributed by atoms with van der Waals surface area (Å²) in [4.78, 5) is 25.7. The second-order valence-corrected chi connectivity index (χ2v) is 7.30. The van der Waals surface area contributed by atoms with Crippen molar-refractivity contribution in [2.75, 3.05) is 14.1 Å². The van der Waals surface area contributed by atoms with Gasteiger partial charge in [-0.2, -0.15) is 0 Å². The minimum atomic E-state index is -0.611. The SMILES string of the molecule is CNC(=O)[C@@H](Cc1ccc(I)cc1)N(C)C(=O)OC(C)(C)C. The smallest absolute Gasteiger partial charge is 0.410 e. The van der Waals surface area contributed by atoms with Crippen LogP contribution in [0.4, 0.5) is 4.79 Å². The maximum Gasteiger partial charge on any atom is 0.410 e. The Morgan fingerprint density at radius 2 is 1.82 bits per heavy atom. The average molecular weight is 418 g/mol. The largest absolute Gasteiger partial charge is 0.444 e. The molecule has 0 spiro atoms. The third-order valence-electron chi connectivity index (χ3n) is 3.04. The lowest BCUT2D eigenvalue weighted by Gasteiger charge is -2.29. The van der Waals surface area contributed by atoms with Gasteiger partial charge in [-0.15, -0.1) is 0 Å². The maximum absolute atomic E-state index is 12.2. The summed E-state index contributed by atoms with van der Waals surface area (Å²) in [6, 6.07) is 7.26. The topological polar surface area (TPSA) is 58.6 Å². The summed E-state index contributed by atoms with van der Waals surface area (Å²) in [5.41, 5.74) is 0.394. The van der Waals surface area contributed by atoms with Crippen molar-refractivity contribution in [3.8, 4) is 0 Å². The number of carbonyl (C=O) groups is 2. The third kappa shape index (κ3) is 5.82. The van der Waals surface area contributed by atoms with Gasteiger partial charge in [0.05, 0.1) is 0 Å². The van der Waals surface area contributed by atoms with Gasteiger partial charge in [-0.3, -0.25) is 9.69 Å². The summed E-state index contributed by atoms with van der Waals surface area (Å²) >= 11 is 2.23. The summed E-state index contributed by atoms with van der Waals surface area (Å²) in [5, 5.41) is 2.61. The molecule has 0 aliphatic rings. The van der Waals surface area contributed by atoms with E-state index >= 15 is 0 Å². The van der Waals surface area contributed by atoms with E-state index in [-0.39, 0.29) is 5.91 Å². The molecule has 0 heterocycles. The Labute approximate surface area is 145 Å². The van der Waals surface area contributed by atoms with Gasteiger partial charge < -0.3 is 10.1 Å². The highest BCUT2D eigenvalue weighted by Gasteiger charge is 2.29. The number of rotatable bonds is 4. The van der Waals surface area contributed by atoms with Gasteiger partial charge in [0.1, 0.15) is 11.6 Å². The van der Waals surface area contributed by atoms with E-state index in [2.05, 4.69) is 27.9 Å². The van der Waals surface area contributed by atoms with Gasteiger partial charge in [-0.05, 0) is 61.1 Å². The number of ether oxygens (including phenoxy) is 1. The fourth-order valence-electron chi connectivity index (χ4n) is 1.88. The molecule has 0 saturated heterocycles. The van der Waals surface area contributed by atoms with Gasteiger partial charge in [0.15, 0.2) is 0 Å². The van der Waals surface area contributed by atoms with Crippen LogP contribution in [0.1, 0.15) is 26.3 Å². The minimum absolute atomic E-state index is 0.216. The number of hydrogen-bond donors (Lipinski definition) is 1. The van der Waals surface area contributed by atoms with Crippen LogP contribution in [-0.4, -0.2) is 42.6 Å². The first-order valence-electron chi connectivity index (χ1n) is 7.06. The molecule has 1 aromatic carbocycles. The van der Waals surface area contributed by atoms with E-state index in [9.17, 15) is 9.59 Å². The van der Waals surface area contributed by atoms with Crippen LogP contribution in [0, 0.1) is 3.57 Å². The standard InChI is InChI=1S/C16H23IN2O3/c1-16(2,3)22-15(21)19(5)13(14(20)18-4)10-11-6-8-12(17)9-7-11/h6-9,13H,10H2,1-5H3,(H,18,20)/t13-/m1/s1. The Hall–Kier alpha value is -1.31. The molecule has 0 aliphatic heterocycles. The number of nitrogens with zero attached hydrogens (tertiary/aromatic N) is 1. The highest BCUT2D eigenvalue weighted by atomic mass is 127. The van der Waals surface area contributed by atoms with E-state index in [1.165, 1.54) is 4.90 Å². The minimum Gasteiger partial charge on any atom is -0.444 e. The van der Waals surface area contributed by atoms with Crippen molar-refractivity contribution in [3.63, 3.8) is 0 Å². The van der Waals surface area contributed by atoms with E-state index in [0.29, 0.717) is 6.42 Å². The van der Waals surface area contributed by atoms with Crippen LogP contribution in [-0.2, 0) is 16.0 Å². The van der Waals surface area contributed by atoms with Crippen molar-refractivity contribution in [1.82, 2.24) is 10.2 Å². The van der Waals surface area contributed by atoms with Gasteiger partial charge in [-0.25, -0.2) is 4.79 Å². The van der Waals surface area contributed by atoms with Gasteiger partial charge >= 0.3 is 6.09 Å². The van der Waals surface area contributed by atoms with Crippen LogP contribution in [0.15, 0.2) is 24.3 Å². The molecule has 1 N–H and O–H groups in total. The van der Waals surface area contributed by atoms with Crippen molar-refractivity contribution in [1.29, 1.82) is 0 Å². The van der Waals surface area contributed by atoms with Crippen LogP contribution in [0.25, 0.3) is 0 Å². The normalized spacial score (nSPS) is 12.5. The van der Waals surface area contributed by atoms with Crippen LogP contribution >= 0.6 is 22.6 Å². The first kappa shape index (κ1) is 18.7. The van der Waals surface area contributed by atoms with Crippen molar-refractivity contribution >= 4 is 34.6 Å². The van der Waals surface area contributed by atoms with Crippen molar-refractivity contribution in [2.24, 2.45) is 0 Å². The van der Waals surface area contributed by atoms with Crippen LogP contribution in [0.2, 0.25) is 0 Å². The fourth-order valence-corrected chi connectivity index (χ4v) is 2.24. The number of halogens is 1. The van der Waals surface area contributed by atoms with Gasteiger partial charge in [0.25, 0.3) is 0 Å². The average Bonchev–Trinajstić information content (AvgIpc) is 2.43. The highest BCUT2D eigenvalue weighted by Crippen LogP contribution is 2.15. The van der Waals surface area contributed by atoms with Gasteiger partial charge in [0, 0.05) is 24.1 Å². The molecule has 2 amide bonds. The first-order chi connectivity index (χ1) is 10.1. The zero-order valence-corrected chi connectivity index (χ0v) is 15.8. The maximum atomic E-state index is 12.2. The van der Waals surface area contributed by atoms with Gasteiger partial charge in [0.2, 0.25) is 5.91 Å².